The second-order valence-corrected chi connectivity index (χ2v) is 7.12. The van der Waals surface area contributed by atoms with Crippen LogP contribution in [0.15, 0.2) is 18.2 Å². The van der Waals surface area contributed by atoms with Crippen molar-refractivity contribution in [2.75, 3.05) is 11.4 Å². The van der Waals surface area contributed by atoms with Crippen LogP contribution in [-0.4, -0.2) is 29.1 Å². The van der Waals surface area contributed by atoms with Gasteiger partial charge in [0.2, 0.25) is 0 Å². The molecule has 1 spiro atoms. The van der Waals surface area contributed by atoms with E-state index in [9.17, 15) is 19.7 Å². The normalized spacial score (nSPS) is 25.3. The number of hydrogen-bond donors (Lipinski definition) is 0. The Morgan fingerprint density at radius 2 is 1.88 bits per heavy atom. The molecule has 2 aliphatic heterocycles. The third kappa shape index (κ3) is 2.01. The fourth-order valence-electron chi connectivity index (χ4n) is 4.84. The zero-order chi connectivity index (χ0) is 16.9. The molecule has 1 aromatic carbocycles. The first-order valence-corrected chi connectivity index (χ1v) is 8.64. The lowest BCUT2D eigenvalue weighted by atomic mass is 9.60. The van der Waals surface area contributed by atoms with E-state index >= 15 is 0 Å². The zero-order valence-electron chi connectivity index (χ0n) is 13.5. The lowest BCUT2D eigenvalue weighted by Gasteiger charge is -2.53. The molecule has 3 aliphatic rings. The van der Waals surface area contributed by atoms with Crippen LogP contribution in [0.4, 0.5) is 11.4 Å². The van der Waals surface area contributed by atoms with Crippen molar-refractivity contribution in [2.24, 2.45) is 5.41 Å². The lowest BCUT2D eigenvalue weighted by molar-refractivity contribution is -0.384. The van der Waals surface area contributed by atoms with Gasteiger partial charge in [0.1, 0.15) is 17.0 Å². The molecule has 2 heterocycles. The van der Waals surface area contributed by atoms with Gasteiger partial charge in [0, 0.05) is 43.2 Å². The Morgan fingerprint density at radius 1 is 1.12 bits per heavy atom. The van der Waals surface area contributed by atoms with Crippen molar-refractivity contribution in [3.8, 4) is 0 Å². The highest BCUT2D eigenvalue weighted by Crippen LogP contribution is 2.49. The fourth-order valence-corrected chi connectivity index (χ4v) is 4.84. The van der Waals surface area contributed by atoms with Crippen molar-refractivity contribution in [3.05, 3.63) is 33.9 Å². The number of anilines is 1. The molecule has 6 heteroatoms. The van der Waals surface area contributed by atoms with Crippen LogP contribution in [0.3, 0.4) is 0 Å². The van der Waals surface area contributed by atoms with E-state index in [4.69, 9.17) is 0 Å². The number of fused-ring (bicyclic) bond motifs is 4. The van der Waals surface area contributed by atoms with Gasteiger partial charge in [0.05, 0.1) is 4.92 Å². The summed E-state index contributed by atoms with van der Waals surface area (Å²) >= 11 is 0. The number of rotatable bonds is 1. The van der Waals surface area contributed by atoms with Gasteiger partial charge in [0.25, 0.3) is 5.69 Å². The highest BCUT2D eigenvalue weighted by Gasteiger charge is 2.57. The highest BCUT2D eigenvalue weighted by atomic mass is 16.6. The molecule has 0 radical (unpaired) electrons. The average Bonchev–Trinajstić information content (AvgIpc) is 2.59. The van der Waals surface area contributed by atoms with Gasteiger partial charge in [0.15, 0.2) is 0 Å². The van der Waals surface area contributed by atoms with Crippen LogP contribution in [-0.2, 0) is 16.0 Å². The molecule has 1 saturated carbocycles. The van der Waals surface area contributed by atoms with Crippen molar-refractivity contribution >= 4 is 22.9 Å². The number of hydrogen-bond acceptors (Lipinski definition) is 5. The zero-order valence-corrected chi connectivity index (χ0v) is 13.5. The molecule has 1 saturated heterocycles. The molecule has 0 amide bonds. The summed E-state index contributed by atoms with van der Waals surface area (Å²) < 4.78 is 0. The topological polar surface area (TPSA) is 80.5 Å². The maximum atomic E-state index is 12.9. The predicted molar refractivity (Wildman–Crippen MR) is 88.1 cm³/mol. The van der Waals surface area contributed by atoms with Gasteiger partial charge in [-0.1, -0.05) is 0 Å². The number of nitrogens with zero attached hydrogens (tertiary/aromatic N) is 2. The Kier molecular flexibility index (Phi) is 3.44. The first-order valence-electron chi connectivity index (χ1n) is 8.64. The van der Waals surface area contributed by atoms with Crippen molar-refractivity contribution in [2.45, 2.75) is 51.0 Å². The smallest absolute Gasteiger partial charge is 0.269 e. The van der Waals surface area contributed by atoms with E-state index in [1.54, 1.807) is 12.1 Å². The molecular formula is C18H20N2O4. The summed E-state index contributed by atoms with van der Waals surface area (Å²) in [5.74, 6) is 0.0700. The highest BCUT2D eigenvalue weighted by molar-refractivity contribution is 6.11. The van der Waals surface area contributed by atoms with Gasteiger partial charge < -0.3 is 4.90 Å². The number of nitro benzene ring substituents is 1. The van der Waals surface area contributed by atoms with Crippen LogP contribution >= 0.6 is 0 Å². The summed E-state index contributed by atoms with van der Waals surface area (Å²) in [6.45, 7) is 0.803. The van der Waals surface area contributed by atoms with E-state index in [2.05, 4.69) is 4.90 Å². The number of Topliss-reactive ketones (excluding diaryl/α,β-unsaturated/α-hetero) is 2. The second kappa shape index (κ2) is 5.40. The summed E-state index contributed by atoms with van der Waals surface area (Å²) in [6, 6.07) is 4.78. The van der Waals surface area contributed by atoms with Crippen LogP contribution in [0.1, 0.15) is 44.1 Å². The number of nitro groups is 1. The maximum Gasteiger partial charge on any atom is 0.269 e. The molecule has 0 aromatic heterocycles. The maximum absolute atomic E-state index is 12.9. The number of carbonyl (C=O) groups is 2. The largest absolute Gasteiger partial charge is 0.367 e. The average molecular weight is 328 g/mol. The first-order chi connectivity index (χ1) is 11.5. The molecule has 0 N–H and O–H groups in total. The Balaban J connectivity index is 1.88. The number of benzene rings is 1. The monoisotopic (exact) mass is 328 g/mol. The molecule has 6 nitrogen and oxygen atoms in total. The summed E-state index contributed by atoms with van der Waals surface area (Å²) in [7, 11) is 0. The molecule has 1 aromatic rings. The van der Waals surface area contributed by atoms with E-state index in [0.717, 1.165) is 37.1 Å². The van der Waals surface area contributed by atoms with E-state index in [0.29, 0.717) is 25.7 Å². The summed E-state index contributed by atoms with van der Waals surface area (Å²) in [4.78, 5) is 38.6. The van der Waals surface area contributed by atoms with Gasteiger partial charge in [-0.15, -0.1) is 0 Å². The molecule has 24 heavy (non-hydrogen) atoms. The van der Waals surface area contributed by atoms with Gasteiger partial charge in [-0.2, -0.15) is 0 Å². The van der Waals surface area contributed by atoms with Crippen LogP contribution in [0.25, 0.3) is 0 Å². The number of piperidine rings is 1. The minimum Gasteiger partial charge on any atom is -0.367 e. The van der Waals surface area contributed by atoms with Crippen LogP contribution in [0, 0.1) is 15.5 Å². The van der Waals surface area contributed by atoms with Crippen LogP contribution < -0.4 is 4.90 Å². The third-order valence-corrected chi connectivity index (χ3v) is 5.93. The minimum atomic E-state index is -0.985. The molecule has 1 unspecified atom stereocenters. The van der Waals surface area contributed by atoms with Crippen molar-refractivity contribution in [1.82, 2.24) is 0 Å². The standard InChI is InChI=1S/C18H20N2O4/c21-16-5-3-6-17(22)18(16)11-12-10-13(20(23)24)7-8-14(12)19-9-2-1-4-15(18)19/h7-8,10,15H,1-6,9,11H2. The van der Waals surface area contributed by atoms with E-state index in [1.165, 1.54) is 6.07 Å². The number of carbonyl (C=O) groups excluding carboxylic acids is 2. The summed E-state index contributed by atoms with van der Waals surface area (Å²) in [5, 5.41) is 11.1. The Hall–Kier alpha value is -2.24. The van der Waals surface area contributed by atoms with Crippen LogP contribution in [0.2, 0.25) is 0 Å². The van der Waals surface area contributed by atoms with Crippen molar-refractivity contribution in [1.29, 1.82) is 0 Å². The molecule has 1 aliphatic carbocycles. The molecule has 0 bridgehead atoms. The summed E-state index contributed by atoms with van der Waals surface area (Å²) in [5.41, 5.74) is 0.768. The Labute approximate surface area is 140 Å². The Bertz CT molecular complexity index is 727. The molecule has 2 fully saturated rings. The van der Waals surface area contributed by atoms with Gasteiger partial charge in [-0.05, 0) is 43.7 Å². The summed E-state index contributed by atoms with van der Waals surface area (Å²) in [6.07, 6.45) is 4.72. The first kappa shape index (κ1) is 15.3. The predicted octanol–water partition coefficient (Wildman–Crippen LogP) is 2.82. The Morgan fingerprint density at radius 3 is 2.58 bits per heavy atom. The van der Waals surface area contributed by atoms with E-state index in [1.807, 2.05) is 0 Å². The number of non-ortho nitro benzene ring substituents is 1. The van der Waals surface area contributed by atoms with Crippen LogP contribution in [0.5, 0.6) is 0 Å². The molecule has 4 rings (SSSR count). The molecule has 1 atom stereocenters. The minimum absolute atomic E-state index is 0.0232. The molecular weight excluding hydrogens is 308 g/mol. The van der Waals surface area contributed by atoms with Gasteiger partial charge in [-0.25, -0.2) is 0 Å². The van der Waals surface area contributed by atoms with Crippen molar-refractivity contribution in [3.63, 3.8) is 0 Å². The van der Waals surface area contributed by atoms with E-state index in [-0.39, 0.29) is 23.3 Å². The SMILES string of the molecule is O=C1CCCC(=O)C12Cc1cc([N+](=O)[O-])ccc1N1CCCCC12. The quantitative estimate of drug-likeness (QED) is 0.450. The van der Waals surface area contributed by atoms with Crippen molar-refractivity contribution < 1.29 is 14.5 Å². The van der Waals surface area contributed by atoms with Gasteiger partial charge >= 0.3 is 0 Å². The third-order valence-electron chi connectivity index (χ3n) is 5.93. The number of ketones is 2. The van der Waals surface area contributed by atoms with E-state index < -0.39 is 10.3 Å². The molecule has 126 valence electrons. The van der Waals surface area contributed by atoms with Gasteiger partial charge in [-0.3, -0.25) is 19.7 Å². The second-order valence-electron chi connectivity index (χ2n) is 7.12. The lowest BCUT2D eigenvalue weighted by Crippen LogP contribution is -2.62. The fraction of sp³-hybridized carbons (Fsp3) is 0.556.